The van der Waals surface area contributed by atoms with Crippen LogP contribution in [0.5, 0.6) is 23.0 Å². The van der Waals surface area contributed by atoms with E-state index in [0.717, 1.165) is 0 Å². The summed E-state index contributed by atoms with van der Waals surface area (Å²) in [7, 11) is -8.77. The molecule has 0 amide bonds. The number of rotatable bonds is 16. The lowest BCUT2D eigenvalue weighted by Gasteiger charge is -2.45. The van der Waals surface area contributed by atoms with E-state index >= 15 is 0 Å². The molecule has 0 aliphatic carbocycles. The van der Waals surface area contributed by atoms with E-state index in [1.54, 1.807) is 152 Å². The predicted molar refractivity (Wildman–Crippen MR) is 202 cm³/mol. The number of carbonyl (C=O) groups excluding carboxylic acids is 1. The number of phosphoric ester groups is 2. The van der Waals surface area contributed by atoms with Gasteiger partial charge in [-0.15, -0.1) is 0 Å². The minimum Gasteiger partial charge on any atom is -0.453 e. The van der Waals surface area contributed by atoms with Gasteiger partial charge in [0.2, 0.25) is 6.29 Å². The highest BCUT2D eigenvalue weighted by Gasteiger charge is 2.50. The lowest BCUT2D eigenvalue weighted by Crippen LogP contribution is -2.54. The number of esters is 1. The lowest BCUT2D eigenvalue weighted by molar-refractivity contribution is -0.252. The van der Waals surface area contributed by atoms with Crippen LogP contribution in [0.3, 0.4) is 0 Å². The highest BCUT2D eigenvalue weighted by molar-refractivity contribution is 7.49. The van der Waals surface area contributed by atoms with E-state index in [2.05, 4.69) is 0 Å². The molecule has 11 nitrogen and oxygen atoms in total. The van der Waals surface area contributed by atoms with Gasteiger partial charge in [-0.05, 0) is 66.6 Å². The molecular formula is C41H42O11P2. The van der Waals surface area contributed by atoms with Gasteiger partial charge in [0.05, 0.1) is 18.3 Å². The SMILES string of the molecule is C[C@H](COP(=O)(Oc1ccccc1)Oc1ccccc1)C1O[C@@H](OP(=O)(Oc2ccccc2)Oc2ccccc2)C(OC(=O)c2ccccc2)[C@@H](C)[C@@H]1C. The fourth-order valence-electron chi connectivity index (χ4n) is 5.87. The number of carbonyl (C=O) groups is 1. The monoisotopic (exact) mass is 772 g/mol. The number of benzene rings is 5. The van der Waals surface area contributed by atoms with Gasteiger partial charge in [-0.3, -0.25) is 4.52 Å². The molecule has 1 aliphatic heterocycles. The van der Waals surface area contributed by atoms with Crippen molar-refractivity contribution in [1.82, 2.24) is 0 Å². The highest BCUT2D eigenvalue weighted by atomic mass is 31.2. The summed E-state index contributed by atoms with van der Waals surface area (Å²) in [6.07, 6.45) is -3.17. The number of hydrogen-bond donors (Lipinski definition) is 0. The Morgan fingerprint density at radius 3 is 1.41 bits per heavy atom. The third-order valence-corrected chi connectivity index (χ3v) is 11.5. The number of ether oxygens (including phenoxy) is 2. The summed E-state index contributed by atoms with van der Waals surface area (Å²) < 4.78 is 77.0. The molecule has 1 aliphatic rings. The minimum atomic E-state index is -4.54. The summed E-state index contributed by atoms with van der Waals surface area (Å²) in [6, 6.07) is 42.5. The van der Waals surface area contributed by atoms with Crippen LogP contribution < -0.4 is 18.1 Å². The van der Waals surface area contributed by atoms with Crippen molar-refractivity contribution in [3.8, 4) is 23.0 Å². The van der Waals surface area contributed by atoms with Crippen molar-refractivity contribution < 1.29 is 50.5 Å². The van der Waals surface area contributed by atoms with Crippen LogP contribution in [0.4, 0.5) is 0 Å². The van der Waals surface area contributed by atoms with Crippen LogP contribution in [0, 0.1) is 17.8 Å². The van der Waals surface area contributed by atoms with E-state index in [9.17, 15) is 13.9 Å². The Morgan fingerprint density at radius 1 is 0.593 bits per heavy atom. The molecule has 1 saturated heterocycles. The summed E-state index contributed by atoms with van der Waals surface area (Å²) in [5, 5.41) is 0. The Bertz CT molecular complexity index is 1910. The van der Waals surface area contributed by atoms with Crippen molar-refractivity contribution in [2.45, 2.75) is 39.3 Å². The van der Waals surface area contributed by atoms with E-state index in [-0.39, 0.29) is 24.0 Å². The first-order chi connectivity index (χ1) is 26.1. The normalized spacial score (nSPS) is 20.6. The van der Waals surface area contributed by atoms with Gasteiger partial charge in [0, 0.05) is 11.8 Å². The Hall–Kier alpha value is -4.89. The third kappa shape index (κ3) is 10.4. The van der Waals surface area contributed by atoms with Gasteiger partial charge in [0.15, 0.2) is 6.10 Å². The second kappa shape index (κ2) is 18.0. The Labute approximate surface area is 315 Å². The zero-order chi connectivity index (χ0) is 38.0. The number of para-hydroxylation sites is 4. The highest BCUT2D eigenvalue weighted by Crippen LogP contribution is 2.54. The molecule has 0 saturated carbocycles. The molecule has 5 aromatic carbocycles. The second-order valence-electron chi connectivity index (χ2n) is 12.8. The average Bonchev–Trinajstić information content (AvgIpc) is 3.18. The summed E-state index contributed by atoms with van der Waals surface area (Å²) in [5.41, 5.74) is 0.317. The fraction of sp³-hybridized carbons (Fsp3) is 0.244. The van der Waals surface area contributed by atoms with Gasteiger partial charge < -0.3 is 27.6 Å². The molecule has 6 atom stereocenters. The predicted octanol–water partition coefficient (Wildman–Crippen LogP) is 10.4. The maximum absolute atomic E-state index is 14.6. The van der Waals surface area contributed by atoms with Crippen LogP contribution in [0.15, 0.2) is 152 Å². The first-order valence-electron chi connectivity index (χ1n) is 17.5. The number of phosphoric acid groups is 2. The van der Waals surface area contributed by atoms with Crippen molar-refractivity contribution in [2.24, 2.45) is 17.8 Å². The molecule has 2 unspecified atom stereocenters. The van der Waals surface area contributed by atoms with Crippen LogP contribution in [-0.4, -0.2) is 31.1 Å². The minimum absolute atomic E-state index is 0.140. The largest absolute Gasteiger partial charge is 0.590 e. The molecule has 13 heteroatoms. The van der Waals surface area contributed by atoms with Gasteiger partial charge in [-0.1, -0.05) is 112 Å². The summed E-state index contributed by atoms with van der Waals surface area (Å²) in [5.74, 6) is -0.767. The molecule has 0 aromatic heterocycles. The number of hydrogen-bond acceptors (Lipinski definition) is 11. The van der Waals surface area contributed by atoms with E-state index < -0.39 is 51.9 Å². The van der Waals surface area contributed by atoms with Gasteiger partial charge in [-0.2, -0.15) is 0 Å². The molecule has 5 aromatic rings. The molecule has 0 bridgehead atoms. The van der Waals surface area contributed by atoms with Crippen LogP contribution in [-0.2, 0) is 27.7 Å². The van der Waals surface area contributed by atoms with E-state index in [1.807, 2.05) is 20.8 Å². The van der Waals surface area contributed by atoms with Gasteiger partial charge in [-0.25, -0.2) is 18.4 Å². The van der Waals surface area contributed by atoms with Crippen LogP contribution in [0.2, 0.25) is 0 Å². The smallest absolute Gasteiger partial charge is 0.453 e. The quantitative estimate of drug-likeness (QED) is 0.0703. The van der Waals surface area contributed by atoms with Crippen molar-refractivity contribution in [3.05, 3.63) is 157 Å². The van der Waals surface area contributed by atoms with E-state index in [1.165, 1.54) is 0 Å². The summed E-state index contributed by atoms with van der Waals surface area (Å²) in [6.45, 7) is 5.53. The Kier molecular flexibility index (Phi) is 12.9. The van der Waals surface area contributed by atoms with Crippen LogP contribution in [0.25, 0.3) is 0 Å². The summed E-state index contributed by atoms with van der Waals surface area (Å²) in [4.78, 5) is 13.4. The van der Waals surface area contributed by atoms with E-state index in [4.69, 9.17) is 36.6 Å². The van der Waals surface area contributed by atoms with E-state index in [0.29, 0.717) is 17.1 Å². The molecule has 0 spiro atoms. The first-order valence-corrected chi connectivity index (χ1v) is 20.4. The second-order valence-corrected chi connectivity index (χ2v) is 15.8. The Balaban J connectivity index is 1.27. The van der Waals surface area contributed by atoms with Crippen molar-refractivity contribution in [1.29, 1.82) is 0 Å². The van der Waals surface area contributed by atoms with Crippen LogP contribution in [0.1, 0.15) is 31.1 Å². The van der Waals surface area contributed by atoms with Crippen molar-refractivity contribution >= 4 is 21.6 Å². The van der Waals surface area contributed by atoms with Crippen molar-refractivity contribution in [3.63, 3.8) is 0 Å². The molecule has 282 valence electrons. The molecule has 6 rings (SSSR count). The standard InChI is InChI=1S/C41H42O11P2/c1-30(29-45-53(43,48-34-21-11-5-12-22-34)49-35-23-13-6-14-24-35)38-31(2)32(3)39(46-40(42)33-19-9-4-10-20-33)41(47-38)52-54(44,50-36-25-15-7-16-26-36)51-37-27-17-8-18-28-37/h4-28,30-32,38-39,41H,29H2,1-3H3/t30-,31+,32+,38?,39?,41+/m1/s1. The average molecular weight is 773 g/mol. The first kappa shape index (κ1) is 38.8. The molecular weight excluding hydrogens is 730 g/mol. The maximum Gasteiger partial charge on any atom is 0.590 e. The fourth-order valence-corrected chi connectivity index (χ4v) is 8.50. The maximum atomic E-state index is 14.6. The van der Waals surface area contributed by atoms with Gasteiger partial charge in [0.25, 0.3) is 0 Å². The lowest BCUT2D eigenvalue weighted by atomic mass is 9.79. The molecule has 1 heterocycles. The topological polar surface area (TPSA) is 125 Å². The molecule has 1 fully saturated rings. The summed E-state index contributed by atoms with van der Waals surface area (Å²) >= 11 is 0. The third-order valence-electron chi connectivity index (χ3n) is 8.81. The Morgan fingerprint density at radius 2 is 0.981 bits per heavy atom. The molecule has 0 N–H and O–H groups in total. The zero-order valence-electron chi connectivity index (χ0n) is 30.0. The van der Waals surface area contributed by atoms with Crippen LogP contribution >= 0.6 is 15.6 Å². The molecule has 0 radical (unpaired) electrons. The van der Waals surface area contributed by atoms with Gasteiger partial charge >= 0.3 is 21.6 Å². The van der Waals surface area contributed by atoms with Gasteiger partial charge in [0.1, 0.15) is 23.0 Å². The van der Waals surface area contributed by atoms with Crippen molar-refractivity contribution in [2.75, 3.05) is 6.61 Å². The molecule has 54 heavy (non-hydrogen) atoms. The zero-order valence-corrected chi connectivity index (χ0v) is 31.8.